The zero-order valence-electron chi connectivity index (χ0n) is 20.1. The average molecular weight is 518 g/mol. The Morgan fingerprint density at radius 3 is 2.17 bits per heavy atom. The smallest absolute Gasteiger partial charge is 0.405 e. The van der Waals surface area contributed by atoms with Gasteiger partial charge in [0.15, 0.2) is 9.84 Å². The molecule has 1 heterocycles. The normalized spacial score (nSPS) is 16.1. The second-order valence-corrected chi connectivity index (χ2v) is 10.9. The van der Waals surface area contributed by atoms with Gasteiger partial charge >= 0.3 is 6.09 Å². The van der Waals surface area contributed by atoms with E-state index < -0.39 is 33.4 Å². The number of nitrogens with one attached hydrogen (secondary N) is 1. The molecule has 0 saturated carbocycles. The molecule has 1 saturated heterocycles. The van der Waals surface area contributed by atoms with Crippen LogP contribution >= 0.6 is 0 Å². The zero-order valence-corrected chi connectivity index (χ0v) is 20.9. The van der Waals surface area contributed by atoms with Crippen molar-refractivity contribution in [1.29, 1.82) is 0 Å². The predicted molar refractivity (Wildman–Crippen MR) is 133 cm³/mol. The summed E-state index contributed by atoms with van der Waals surface area (Å²) in [6.07, 6.45) is 0.127. The number of ether oxygens (including phenoxy) is 1. The first-order chi connectivity index (χ1) is 17.1. The topological polar surface area (TPSA) is 156 Å². The summed E-state index contributed by atoms with van der Waals surface area (Å²) in [7, 11) is -3.29. The lowest BCUT2D eigenvalue weighted by molar-refractivity contribution is -0.146. The standard InChI is InChI=1S/C25H31N3O7S/c1-2-15-36(33,34)22-9-7-20(8-10-22)19-5-3-18(4-6-19)16-21(17-29)28(26)23(30)25(27-24(31)32)11-13-35-14-12-25/h3-10,17,21,27H,2,11-16,26H2,1H3,(H,31,32). The number of aldehydes is 1. The summed E-state index contributed by atoms with van der Waals surface area (Å²) in [6, 6.07) is 12.9. The number of amides is 2. The molecule has 0 aromatic heterocycles. The van der Waals surface area contributed by atoms with Crippen molar-refractivity contribution >= 4 is 28.1 Å². The van der Waals surface area contributed by atoms with Gasteiger partial charge in [-0.15, -0.1) is 0 Å². The minimum Gasteiger partial charge on any atom is -0.465 e. The van der Waals surface area contributed by atoms with Crippen LogP contribution in [0.4, 0.5) is 4.79 Å². The highest BCUT2D eigenvalue weighted by atomic mass is 32.2. The number of hydrogen-bond acceptors (Lipinski definition) is 7. The van der Waals surface area contributed by atoms with Crippen molar-refractivity contribution in [1.82, 2.24) is 10.3 Å². The third-order valence-electron chi connectivity index (χ3n) is 6.27. The van der Waals surface area contributed by atoms with E-state index in [2.05, 4.69) is 5.32 Å². The van der Waals surface area contributed by atoms with Crippen LogP contribution in [0.5, 0.6) is 0 Å². The lowest BCUT2D eigenvalue weighted by Gasteiger charge is -2.39. The van der Waals surface area contributed by atoms with Crippen molar-refractivity contribution in [2.24, 2.45) is 5.84 Å². The molecule has 1 aliphatic rings. The molecule has 3 rings (SSSR count). The van der Waals surface area contributed by atoms with E-state index in [1.165, 1.54) is 0 Å². The highest BCUT2D eigenvalue weighted by Gasteiger charge is 2.45. The third kappa shape index (κ3) is 6.28. The fourth-order valence-corrected chi connectivity index (χ4v) is 5.57. The first kappa shape index (κ1) is 27.3. The van der Waals surface area contributed by atoms with Crippen LogP contribution in [-0.4, -0.2) is 67.4 Å². The SMILES string of the molecule is CCCS(=O)(=O)c1ccc(-c2ccc(CC(C=O)N(N)C(=O)C3(NC(=O)O)CCOCC3)cc2)cc1. The minimum atomic E-state index is -3.29. The molecule has 2 aromatic rings. The summed E-state index contributed by atoms with van der Waals surface area (Å²) in [4.78, 5) is 36.6. The summed E-state index contributed by atoms with van der Waals surface area (Å²) in [5, 5.41) is 12.3. The van der Waals surface area contributed by atoms with Crippen LogP contribution in [0.1, 0.15) is 31.7 Å². The van der Waals surface area contributed by atoms with Gasteiger partial charge in [0, 0.05) is 32.5 Å². The first-order valence-corrected chi connectivity index (χ1v) is 13.3. The number of nitrogens with two attached hydrogens (primary N) is 1. The molecule has 1 atom stereocenters. The molecule has 194 valence electrons. The molecule has 1 unspecified atom stereocenters. The fourth-order valence-electron chi connectivity index (χ4n) is 4.24. The van der Waals surface area contributed by atoms with Crippen LogP contribution < -0.4 is 11.2 Å². The van der Waals surface area contributed by atoms with E-state index in [1.54, 1.807) is 36.4 Å². The van der Waals surface area contributed by atoms with Crippen LogP contribution in [0.25, 0.3) is 11.1 Å². The molecular formula is C25H31N3O7S. The van der Waals surface area contributed by atoms with Crippen molar-refractivity contribution in [2.45, 2.75) is 49.1 Å². The molecular weight excluding hydrogens is 486 g/mol. The molecule has 36 heavy (non-hydrogen) atoms. The van der Waals surface area contributed by atoms with E-state index in [4.69, 9.17) is 10.6 Å². The Labute approximate surface area is 210 Å². The molecule has 0 bridgehead atoms. The van der Waals surface area contributed by atoms with Gasteiger partial charge in [0.2, 0.25) is 0 Å². The number of nitrogens with zero attached hydrogens (tertiary/aromatic N) is 1. The number of benzene rings is 2. The summed E-state index contributed by atoms with van der Waals surface area (Å²) in [5.74, 6) is 5.45. The van der Waals surface area contributed by atoms with Crippen molar-refractivity contribution in [3.8, 4) is 11.1 Å². The number of sulfone groups is 1. The van der Waals surface area contributed by atoms with Crippen molar-refractivity contribution < 1.29 is 32.6 Å². The molecule has 1 fully saturated rings. The number of carbonyl (C=O) groups excluding carboxylic acids is 2. The van der Waals surface area contributed by atoms with E-state index in [9.17, 15) is 27.9 Å². The second-order valence-electron chi connectivity index (χ2n) is 8.78. The van der Waals surface area contributed by atoms with Gasteiger partial charge in [-0.2, -0.15) is 0 Å². The maximum atomic E-state index is 13.1. The Balaban J connectivity index is 1.72. The average Bonchev–Trinajstić information content (AvgIpc) is 2.87. The van der Waals surface area contributed by atoms with Crippen LogP contribution in [0.3, 0.4) is 0 Å². The van der Waals surface area contributed by atoms with Gasteiger partial charge in [0.05, 0.1) is 10.6 Å². The Kier molecular flexibility index (Phi) is 8.83. The largest absolute Gasteiger partial charge is 0.465 e. The molecule has 0 aliphatic carbocycles. The van der Waals surface area contributed by atoms with E-state index in [1.807, 2.05) is 19.1 Å². The first-order valence-electron chi connectivity index (χ1n) is 11.7. The Morgan fingerprint density at radius 1 is 1.11 bits per heavy atom. The van der Waals surface area contributed by atoms with Crippen molar-refractivity contribution in [2.75, 3.05) is 19.0 Å². The molecule has 2 aromatic carbocycles. The summed E-state index contributed by atoms with van der Waals surface area (Å²) >= 11 is 0. The van der Waals surface area contributed by atoms with Crippen molar-refractivity contribution in [3.63, 3.8) is 0 Å². The van der Waals surface area contributed by atoms with Gasteiger partial charge in [-0.25, -0.2) is 19.1 Å². The van der Waals surface area contributed by atoms with Gasteiger partial charge < -0.3 is 20.0 Å². The summed E-state index contributed by atoms with van der Waals surface area (Å²) < 4.78 is 29.7. The molecule has 0 radical (unpaired) electrons. The molecule has 2 amide bonds. The van der Waals surface area contributed by atoms with E-state index in [-0.39, 0.29) is 43.1 Å². The lowest BCUT2D eigenvalue weighted by Crippen LogP contribution is -2.65. The van der Waals surface area contributed by atoms with Crippen LogP contribution in [0.2, 0.25) is 0 Å². The van der Waals surface area contributed by atoms with Crippen molar-refractivity contribution in [3.05, 3.63) is 54.1 Å². The predicted octanol–water partition coefficient (Wildman–Crippen LogP) is 2.17. The third-order valence-corrected chi connectivity index (χ3v) is 8.21. The quantitative estimate of drug-likeness (QED) is 0.187. The van der Waals surface area contributed by atoms with Crippen LogP contribution in [-0.2, 0) is 30.6 Å². The number of carbonyl (C=O) groups is 3. The van der Waals surface area contributed by atoms with Gasteiger partial charge in [0.1, 0.15) is 17.9 Å². The Bertz CT molecular complexity index is 1180. The monoisotopic (exact) mass is 517 g/mol. The molecule has 1 aliphatic heterocycles. The van der Waals surface area contributed by atoms with E-state index in [0.717, 1.165) is 21.7 Å². The van der Waals surface area contributed by atoms with Crippen LogP contribution in [0.15, 0.2) is 53.4 Å². The van der Waals surface area contributed by atoms with E-state index in [0.29, 0.717) is 12.7 Å². The van der Waals surface area contributed by atoms with Gasteiger partial charge in [-0.1, -0.05) is 43.3 Å². The van der Waals surface area contributed by atoms with Gasteiger partial charge in [-0.3, -0.25) is 9.80 Å². The van der Waals surface area contributed by atoms with Gasteiger partial charge in [-0.05, 0) is 35.2 Å². The highest BCUT2D eigenvalue weighted by Crippen LogP contribution is 2.25. The maximum Gasteiger partial charge on any atom is 0.405 e. The van der Waals surface area contributed by atoms with Gasteiger partial charge in [0.25, 0.3) is 5.91 Å². The molecule has 4 N–H and O–H groups in total. The maximum absolute atomic E-state index is 13.1. The Morgan fingerprint density at radius 2 is 1.67 bits per heavy atom. The second kappa shape index (κ2) is 11.6. The zero-order chi connectivity index (χ0) is 26.3. The number of hydrazine groups is 1. The summed E-state index contributed by atoms with van der Waals surface area (Å²) in [5.41, 5.74) is 0.989. The minimum absolute atomic E-state index is 0.0981. The number of rotatable bonds is 10. The Hall–Kier alpha value is -3.28. The molecule has 10 nitrogen and oxygen atoms in total. The van der Waals surface area contributed by atoms with E-state index >= 15 is 0 Å². The number of carboxylic acid groups (broad SMARTS) is 1. The fraction of sp³-hybridized carbons (Fsp3) is 0.400. The lowest BCUT2D eigenvalue weighted by atomic mass is 9.88. The van der Waals surface area contributed by atoms with Crippen LogP contribution in [0, 0.1) is 0 Å². The highest BCUT2D eigenvalue weighted by molar-refractivity contribution is 7.91. The molecule has 0 spiro atoms. The molecule has 11 heteroatoms. The number of hydrogen-bond donors (Lipinski definition) is 3. The summed E-state index contributed by atoms with van der Waals surface area (Å²) in [6.45, 7) is 2.20.